The van der Waals surface area contributed by atoms with Crippen LogP contribution in [0, 0.1) is 17.5 Å². The fraction of sp³-hybridized carbons (Fsp3) is 0.250. The molecule has 0 amide bonds. The lowest BCUT2D eigenvalue weighted by atomic mass is 9.80. The minimum Gasteiger partial charge on any atom is -0.423 e. The highest BCUT2D eigenvalue weighted by Crippen LogP contribution is 2.07. The Kier molecular flexibility index (Phi) is 5.99. The quantitative estimate of drug-likeness (QED) is 0.454. The smallest absolute Gasteiger partial charge is 0.423 e. The third-order valence-corrected chi connectivity index (χ3v) is 1.34. The van der Waals surface area contributed by atoms with Gasteiger partial charge < -0.3 is 15.2 Å². The van der Waals surface area contributed by atoms with Crippen molar-refractivity contribution >= 4 is 12.6 Å². The summed E-state index contributed by atoms with van der Waals surface area (Å²) in [6.45, 7) is 1.93. The maximum absolute atomic E-state index is 12.6. The average molecular weight is 222 g/mol. The zero-order valence-electron chi connectivity index (χ0n) is 7.91. The van der Waals surface area contributed by atoms with Crippen LogP contribution in [-0.4, -0.2) is 28.9 Å². The number of aliphatic hydroxyl groups is 1. The van der Waals surface area contributed by atoms with E-state index in [0.29, 0.717) is 6.07 Å². The van der Waals surface area contributed by atoms with Gasteiger partial charge in [0.15, 0.2) is 17.5 Å². The van der Waals surface area contributed by atoms with Gasteiger partial charge in [-0.2, -0.15) is 0 Å². The first-order valence-electron chi connectivity index (χ1n) is 4.06. The van der Waals surface area contributed by atoms with Crippen molar-refractivity contribution in [3.8, 4) is 0 Å². The Hall–Kier alpha value is -1.05. The van der Waals surface area contributed by atoms with Crippen LogP contribution < -0.4 is 5.46 Å². The molecule has 0 heterocycles. The van der Waals surface area contributed by atoms with E-state index < -0.39 is 30.0 Å². The topological polar surface area (TPSA) is 60.7 Å². The van der Waals surface area contributed by atoms with E-state index in [4.69, 9.17) is 15.2 Å². The number of hydrogen-bond acceptors (Lipinski definition) is 3. The molecule has 0 bridgehead atoms. The molecule has 0 aromatic heterocycles. The summed E-state index contributed by atoms with van der Waals surface area (Å²) in [6, 6.07) is 1.38. The third-order valence-electron chi connectivity index (χ3n) is 1.34. The number of aliphatic hydroxyl groups excluding tert-OH is 1. The molecule has 0 saturated heterocycles. The van der Waals surface area contributed by atoms with Crippen LogP contribution >= 0.6 is 0 Å². The van der Waals surface area contributed by atoms with Crippen molar-refractivity contribution in [1.82, 2.24) is 0 Å². The van der Waals surface area contributed by atoms with Crippen LogP contribution in [0.4, 0.5) is 13.2 Å². The van der Waals surface area contributed by atoms with Gasteiger partial charge in [0, 0.05) is 12.1 Å². The molecule has 0 radical (unpaired) electrons. The Morgan fingerprint density at radius 3 is 2.00 bits per heavy atom. The number of benzene rings is 1. The van der Waals surface area contributed by atoms with E-state index in [1.165, 1.54) is 0 Å². The van der Waals surface area contributed by atoms with Crippen molar-refractivity contribution in [2.75, 3.05) is 6.61 Å². The molecule has 0 atom stereocenters. The minimum atomic E-state index is -2.14. The average Bonchev–Trinajstić information content (AvgIpc) is 2.15. The summed E-state index contributed by atoms with van der Waals surface area (Å²) < 4.78 is 37.2. The van der Waals surface area contributed by atoms with Crippen LogP contribution in [0.3, 0.4) is 0 Å². The lowest BCUT2D eigenvalue weighted by Crippen LogP contribution is -2.33. The minimum absolute atomic E-state index is 0.250. The summed E-state index contributed by atoms with van der Waals surface area (Å²) >= 11 is 0. The molecule has 0 aliphatic carbocycles. The monoisotopic (exact) mass is 222 g/mol. The Morgan fingerprint density at radius 2 is 1.60 bits per heavy atom. The second-order valence-electron chi connectivity index (χ2n) is 2.45. The molecule has 0 fully saturated rings. The van der Waals surface area contributed by atoms with Gasteiger partial charge in [-0.05, 0) is 13.0 Å². The molecule has 84 valence electrons. The molecule has 3 N–H and O–H groups in total. The number of hydrogen-bond donors (Lipinski definition) is 3. The molecule has 7 heteroatoms. The van der Waals surface area contributed by atoms with E-state index >= 15 is 0 Å². The second-order valence-corrected chi connectivity index (χ2v) is 2.45. The van der Waals surface area contributed by atoms with Crippen LogP contribution in [0.1, 0.15) is 6.92 Å². The Balaban J connectivity index is 0.000000583. The normalized spacial score (nSPS) is 9.27. The highest BCUT2D eigenvalue weighted by atomic mass is 19.2. The largest absolute Gasteiger partial charge is 0.491 e. The summed E-state index contributed by atoms with van der Waals surface area (Å²) in [7, 11) is -2.14. The number of halogens is 3. The van der Waals surface area contributed by atoms with Crippen molar-refractivity contribution in [3.63, 3.8) is 0 Å². The Labute approximate surface area is 84.9 Å². The van der Waals surface area contributed by atoms with Crippen LogP contribution in [0.2, 0.25) is 0 Å². The van der Waals surface area contributed by atoms with Gasteiger partial charge in [-0.25, -0.2) is 13.2 Å². The standard InChI is InChI=1S/C6H4BF3O2.C2H6O/c8-4-2-1-3(7(11)12)5(9)6(4)10;1-2-3/h1-2,11-12H;3H,2H2,1H3. The fourth-order valence-corrected chi connectivity index (χ4v) is 0.740. The highest BCUT2D eigenvalue weighted by Gasteiger charge is 2.21. The summed E-state index contributed by atoms with van der Waals surface area (Å²) in [6.07, 6.45) is 0. The fourth-order valence-electron chi connectivity index (χ4n) is 0.740. The first-order valence-corrected chi connectivity index (χ1v) is 4.06. The van der Waals surface area contributed by atoms with Crippen LogP contribution in [-0.2, 0) is 0 Å². The number of rotatable bonds is 1. The van der Waals surface area contributed by atoms with Crippen molar-refractivity contribution in [3.05, 3.63) is 29.6 Å². The molecule has 0 aliphatic heterocycles. The van der Waals surface area contributed by atoms with E-state index in [-0.39, 0.29) is 6.61 Å². The lowest BCUT2D eigenvalue weighted by Gasteiger charge is -2.01. The zero-order chi connectivity index (χ0) is 12.0. The van der Waals surface area contributed by atoms with Crippen molar-refractivity contribution in [1.29, 1.82) is 0 Å². The van der Waals surface area contributed by atoms with Gasteiger partial charge in [0.25, 0.3) is 0 Å². The first kappa shape index (κ1) is 14.0. The zero-order valence-corrected chi connectivity index (χ0v) is 7.91. The van der Waals surface area contributed by atoms with Crippen LogP contribution in [0.15, 0.2) is 12.1 Å². The second kappa shape index (κ2) is 6.44. The highest BCUT2D eigenvalue weighted by molar-refractivity contribution is 6.58. The van der Waals surface area contributed by atoms with Crippen LogP contribution in [0.5, 0.6) is 0 Å². The maximum Gasteiger partial charge on any atom is 0.491 e. The van der Waals surface area contributed by atoms with E-state index in [0.717, 1.165) is 6.07 Å². The Bertz CT molecular complexity index is 320. The molecule has 3 nitrogen and oxygen atoms in total. The molecular formula is C8H10BF3O3. The predicted octanol–water partition coefficient (Wildman–Crippen LogP) is -0.218. The molecule has 15 heavy (non-hydrogen) atoms. The molecule has 1 aromatic rings. The van der Waals surface area contributed by atoms with Gasteiger partial charge >= 0.3 is 7.12 Å². The summed E-state index contributed by atoms with van der Waals surface area (Å²) in [5, 5.41) is 24.5. The lowest BCUT2D eigenvalue weighted by molar-refractivity contribution is 0.318. The molecule has 0 saturated carbocycles. The molecule has 1 aromatic carbocycles. The summed E-state index contributed by atoms with van der Waals surface area (Å²) in [5.74, 6) is -4.65. The van der Waals surface area contributed by atoms with Gasteiger partial charge in [0.2, 0.25) is 0 Å². The van der Waals surface area contributed by atoms with E-state index in [2.05, 4.69) is 0 Å². The predicted molar refractivity (Wildman–Crippen MR) is 48.9 cm³/mol. The van der Waals surface area contributed by atoms with Gasteiger partial charge in [-0.3, -0.25) is 0 Å². The molecule has 0 unspecified atom stereocenters. The van der Waals surface area contributed by atoms with Gasteiger partial charge in [0.1, 0.15) is 0 Å². The SMILES string of the molecule is CCO.OB(O)c1ccc(F)c(F)c1F. The van der Waals surface area contributed by atoms with Crippen LogP contribution in [0.25, 0.3) is 0 Å². The Morgan fingerprint density at radius 1 is 1.13 bits per heavy atom. The van der Waals surface area contributed by atoms with Gasteiger partial charge in [-0.1, -0.05) is 6.07 Å². The third kappa shape index (κ3) is 3.90. The van der Waals surface area contributed by atoms with Gasteiger partial charge in [0.05, 0.1) is 0 Å². The maximum atomic E-state index is 12.6. The molecule has 1 rings (SSSR count). The van der Waals surface area contributed by atoms with Gasteiger partial charge in [-0.15, -0.1) is 0 Å². The first-order chi connectivity index (χ1) is 6.95. The van der Waals surface area contributed by atoms with Crippen molar-refractivity contribution in [2.45, 2.75) is 6.92 Å². The summed E-state index contributed by atoms with van der Waals surface area (Å²) in [4.78, 5) is 0. The van der Waals surface area contributed by atoms with E-state index in [1.54, 1.807) is 6.92 Å². The van der Waals surface area contributed by atoms with Crippen molar-refractivity contribution in [2.24, 2.45) is 0 Å². The van der Waals surface area contributed by atoms with Crippen molar-refractivity contribution < 1.29 is 28.3 Å². The summed E-state index contributed by atoms with van der Waals surface area (Å²) in [5.41, 5.74) is -0.686. The molecule has 0 spiro atoms. The van der Waals surface area contributed by atoms with E-state index in [9.17, 15) is 13.2 Å². The molecular weight excluding hydrogens is 212 g/mol. The van der Waals surface area contributed by atoms with E-state index in [1.807, 2.05) is 0 Å². The molecule has 0 aliphatic rings.